The smallest absolute Gasteiger partial charge is 0.135 e. The zero-order valence-electron chi connectivity index (χ0n) is 28.9. The first-order valence-corrected chi connectivity index (χ1v) is 18.2. The lowest BCUT2D eigenvalue weighted by Crippen LogP contribution is -1.91. The number of benzene rings is 10. The predicted octanol–water partition coefficient (Wildman–Crippen LogP) is 14.9. The van der Waals surface area contributed by atoms with Crippen LogP contribution < -0.4 is 0 Å². The van der Waals surface area contributed by atoms with Crippen molar-refractivity contribution in [3.8, 4) is 44.5 Å². The normalized spacial score (nSPS) is 11.8. The molecule has 1 aromatic heterocycles. The highest BCUT2D eigenvalue weighted by Crippen LogP contribution is 2.45. The fraction of sp³-hybridized carbons (Fsp3) is 0. The van der Waals surface area contributed by atoms with E-state index in [0.29, 0.717) is 0 Å². The molecule has 0 fully saturated rings. The summed E-state index contributed by atoms with van der Waals surface area (Å²) in [5.74, 6) is 0. The minimum atomic E-state index is 0.920. The first kappa shape index (κ1) is 29.7. The van der Waals surface area contributed by atoms with E-state index in [1.165, 1.54) is 87.6 Å². The lowest BCUT2D eigenvalue weighted by molar-refractivity contribution is 0.669. The molecule has 0 spiro atoms. The minimum absolute atomic E-state index is 0.920. The third-order valence-corrected chi connectivity index (χ3v) is 11.0. The van der Waals surface area contributed by atoms with Gasteiger partial charge in [0.05, 0.1) is 0 Å². The van der Waals surface area contributed by atoms with Crippen molar-refractivity contribution in [1.29, 1.82) is 0 Å². The van der Waals surface area contributed by atoms with Gasteiger partial charge in [0.15, 0.2) is 0 Å². The van der Waals surface area contributed by atoms with E-state index in [1.54, 1.807) is 0 Å². The van der Waals surface area contributed by atoms with Crippen LogP contribution in [0.2, 0.25) is 0 Å². The second-order valence-electron chi connectivity index (χ2n) is 14.1. The summed E-state index contributed by atoms with van der Waals surface area (Å²) < 4.78 is 6.10. The molecule has 11 rings (SSSR count). The van der Waals surface area contributed by atoms with Crippen LogP contribution in [0.25, 0.3) is 110 Å². The van der Waals surface area contributed by atoms with E-state index in [0.717, 1.165) is 21.9 Å². The minimum Gasteiger partial charge on any atom is -0.456 e. The SMILES string of the molecule is c1cc(-c2ccc3ccccc3c2)cc(-c2c3ccccc3c(-c3ccc4cc(-c5ccc6oc7ccccc7c6c5)ccc4c3)c3ccccc23)c1. The fourth-order valence-electron chi connectivity index (χ4n) is 8.46. The van der Waals surface area contributed by atoms with Crippen LogP contribution in [0.5, 0.6) is 0 Å². The molecule has 1 nitrogen and oxygen atoms in total. The predicted molar refractivity (Wildman–Crippen MR) is 225 cm³/mol. The highest BCUT2D eigenvalue weighted by Gasteiger charge is 2.17. The molecule has 0 bridgehead atoms. The Hall–Kier alpha value is -6.96. The molecule has 1 heterocycles. The van der Waals surface area contributed by atoms with Crippen LogP contribution in [0.1, 0.15) is 0 Å². The average molecular weight is 673 g/mol. The molecular weight excluding hydrogens is 641 g/mol. The van der Waals surface area contributed by atoms with Gasteiger partial charge in [-0.2, -0.15) is 0 Å². The maximum Gasteiger partial charge on any atom is 0.135 e. The van der Waals surface area contributed by atoms with E-state index < -0.39 is 0 Å². The molecule has 0 radical (unpaired) electrons. The molecular formula is C52H32O. The quantitative estimate of drug-likeness (QED) is 0.170. The van der Waals surface area contributed by atoms with E-state index in [4.69, 9.17) is 4.42 Å². The number of fused-ring (bicyclic) bond motifs is 7. The van der Waals surface area contributed by atoms with Gasteiger partial charge in [-0.25, -0.2) is 0 Å². The summed E-state index contributed by atoms with van der Waals surface area (Å²) in [5.41, 5.74) is 11.7. The summed E-state index contributed by atoms with van der Waals surface area (Å²) in [6, 6.07) is 70.8. The maximum absolute atomic E-state index is 6.10. The van der Waals surface area contributed by atoms with Crippen LogP contribution in [-0.2, 0) is 0 Å². The largest absolute Gasteiger partial charge is 0.456 e. The summed E-state index contributed by atoms with van der Waals surface area (Å²) in [5, 5.41) is 12.3. The van der Waals surface area contributed by atoms with Crippen LogP contribution in [-0.4, -0.2) is 0 Å². The van der Waals surface area contributed by atoms with Crippen molar-refractivity contribution in [1.82, 2.24) is 0 Å². The molecule has 0 saturated heterocycles. The molecule has 53 heavy (non-hydrogen) atoms. The summed E-state index contributed by atoms with van der Waals surface area (Å²) in [6.45, 7) is 0. The van der Waals surface area contributed by atoms with Crippen LogP contribution in [0, 0.1) is 0 Å². The van der Waals surface area contributed by atoms with Crippen molar-refractivity contribution in [2.24, 2.45) is 0 Å². The number of para-hydroxylation sites is 1. The Kier molecular flexibility index (Phi) is 6.62. The number of hydrogen-bond donors (Lipinski definition) is 0. The first-order valence-electron chi connectivity index (χ1n) is 18.2. The maximum atomic E-state index is 6.10. The van der Waals surface area contributed by atoms with E-state index in [9.17, 15) is 0 Å². The zero-order chi connectivity index (χ0) is 34.9. The van der Waals surface area contributed by atoms with Crippen LogP contribution >= 0.6 is 0 Å². The number of rotatable bonds is 4. The molecule has 0 aliphatic rings. The van der Waals surface area contributed by atoms with Gasteiger partial charge < -0.3 is 4.42 Å². The van der Waals surface area contributed by atoms with Crippen molar-refractivity contribution in [2.75, 3.05) is 0 Å². The van der Waals surface area contributed by atoms with Crippen LogP contribution in [0.15, 0.2) is 199 Å². The Morgan fingerprint density at radius 3 is 1.32 bits per heavy atom. The zero-order valence-corrected chi connectivity index (χ0v) is 28.9. The van der Waals surface area contributed by atoms with E-state index in [1.807, 2.05) is 12.1 Å². The molecule has 0 aliphatic heterocycles. The van der Waals surface area contributed by atoms with Crippen molar-refractivity contribution in [3.05, 3.63) is 194 Å². The molecule has 0 N–H and O–H groups in total. The standard InChI is InChI=1S/C52H32O/c1-2-11-34-28-36(21-20-33(34)10-1)35-12-9-13-41(30-35)51-44-15-3-5-17-46(44)52(47-18-6-4-16-45(47)51)42-25-24-37-29-38(22-23-39(37)31-42)40-26-27-50-48(32-40)43-14-7-8-19-49(43)53-50/h1-32H. The monoisotopic (exact) mass is 672 g/mol. The van der Waals surface area contributed by atoms with Crippen molar-refractivity contribution in [3.63, 3.8) is 0 Å². The molecule has 10 aromatic carbocycles. The van der Waals surface area contributed by atoms with E-state index in [-0.39, 0.29) is 0 Å². The summed E-state index contributed by atoms with van der Waals surface area (Å²) in [4.78, 5) is 0. The van der Waals surface area contributed by atoms with Gasteiger partial charge in [-0.15, -0.1) is 0 Å². The lowest BCUT2D eigenvalue weighted by Gasteiger charge is -2.18. The molecule has 0 atom stereocenters. The van der Waals surface area contributed by atoms with E-state index in [2.05, 4.69) is 182 Å². The summed E-state index contributed by atoms with van der Waals surface area (Å²) in [7, 11) is 0. The summed E-state index contributed by atoms with van der Waals surface area (Å²) in [6.07, 6.45) is 0. The molecule has 246 valence electrons. The fourth-order valence-corrected chi connectivity index (χ4v) is 8.46. The van der Waals surface area contributed by atoms with Crippen LogP contribution in [0.3, 0.4) is 0 Å². The van der Waals surface area contributed by atoms with Gasteiger partial charge in [-0.1, -0.05) is 152 Å². The topological polar surface area (TPSA) is 13.1 Å². The van der Waals surface area contributed by atoms with Gasteiger partial charge in [0.1, 0.15) is 11.2 Å². The van der Waals surface area contributed by atoms with Gasteiger partial charge in [-0.05, 0) is 130 Å². The molecule has 0 saturated carbocycles. The number of furan rings is 1. The summed E-state index contributed by atoms with van der Waals surface area (Å²) >= 11 is 0. The Morgan fingerprint density at radius 2 is 0.642 bits per heavy atom. The Bertz CT molecular complexity index is 3180. The van der Waals surface area contributed by atoms with Gasteiger partial charge in [0.25, 0.3) is 0 Å². The van der Waals surface area contributed by atoms with Gasteiger partial charge in [0, 0.05) is 10.8 Å². The van der Waals surface area contributed by atoms with Gasteiger partial charge in [-0.3, -0.25) is 0 Å². The third-order valence-electron chi connectivity index (χ3n) is 11.0. The van der Waals surface area contributed by atoms with E-state index >= 15 is 0 Å². The second kappa shape index (κ2) is 11.8. The Morgan fingerprint density at radius 1 is 0.226 bits per heavy atom. The molecule has 0 aliphatic carbocycles. The van der Waals surface area contributed by atoms with Crippen LogP contribution in [0.4, 0.5) is 0 Å². The highest BCUT2D eigenvalue weighted by molar-refractivity contribution is 6.22. The molecule has 0 amide bonds. The van der Waals surface area contributed by atoms with Gasteiger partial charge in [0.2, 0.25) is 0 Å². The molecule has 11 aromatic rings. The van der Waals surface area contributed by atoms with Crippen molar-refractivity contribution < 1.29 is 4.42 Å². The Balaban J connectivity index is 1.04. The van der Waals surface area contributed by atoms with Gasteiger partial charge >= 0.3 is 0 Å². The van der Waals surface area contributed by atoms with Crippen molar-refractivity contribution >= 4 is 65.0 Å². The van der Waals surface area contributed by atoms with Crippen molar-refractivity contribution in [2.45, 2.75) is 0 Å². The second-order valence-corrected chi connectivity index (χ2v) is 14.1. The molecule has 1 heteroatoms. The Labute approximate surface area is 307 Å². The third kappa shape index (κ3) is 4.86. The first-order chi connectivity index (χ1) is 26.2. The highest BCUT2D eigenvalue weighted by atomic mass is 16.3. The molecule has 0 unspecified atom stereocenters. The lowest BCUT2D eigenvalue weighted by atomic mass is 9.85. The number of hydrogen-bond acceptors (Lipinski definition) is 1. The average Bonchev–Trinajstić information content (AvgIpc) is 3.60.